The first-order valence-corrected chi connectivity index (χ1v) is 19.0. The molecule has 0 aromatic heterocycles. The average Bonchev–Trinajstić information content (AvgIpc) is 3.28. The molecule has 0 N–H and O–H groups in total. The molecule has 0 bridgehead atoms. The lowest BCUT2D eigenvalue weighted by Crippen LogP contribution is -2.09. The quantitative estimate of drug-likeness (QED) is 0.161. The maximum Gasteiger partial charge on any atom is 0.0991 e. The summed E-state index contributed by atoms with van der Waals surface area (Å²) in [6.07, 6.45) is 0. The number of hydrogen-bond donors (Lipinski definition) is 0. The van der Waals surface area contributed by atoms with Gasteiger partial charge in [-0.1, -0.05) is 121 Å². The van der Waals surface area contributed by atoms with Gasteiger partial charge in [-0.25, -0.2) is 0 Å². The predicted octanol–water partition coefficient (Wildman–Crippen LogP) is 14.5. The standard InChI is InChI=1S/C54H33N3/c55-34-36-13-24-46(25-14-36)57(47-26-15-37(35-56)16-27-47)48-28-21-40(22-29-48)43-23-30-51-52(33-43)54(45-20-18-39-8-2-4-10-42(39)32-45)50-12-6-5-11-49(50)53(51)44-19-17-38-7-1-3-9-41(38)31-44/h1-33H. The first-order valence-electron chi connectivity index (χ1n) is 19.0. The molecule has 10 rings (SSSR count). The molecule has 264 valence electrons. The van der Waals surface area contributed by atoms with Gasteiger partial charge in [0.1, 0.15) is 0 Å². The van der Waals surface area contributed by atoms with Crippen LogP contribution in [0, 0.1) is 22.7 Å². The lowest BCUT2D eigenvalue weighted by molar-refractivity contribution is 1.28. The van der Waals surface area contributed by atoms with E-state index in [1.807, 2.05) is 48.5 Å². The van der Waals surface area contributed by atoms with Crippen molar-refractivity contribution in [3.63, 3.8) is 0 Å². The Morgan fingerprint density at radius 2 is 0.684 bits per heavy atom. The van der Waals surface area contributed by atoms with Crippen LogP contribution in [0.1, 0.15) is 11.1 Å². The first-order chi connectivity index (χ1) is 28.1. The molecule has 0 amide bonds. The maximum absolute atomic E-state index is 9.46. The van der Waals surface area contributed by atoms with E-state index in [1.54, 1.807) is 0 Å². The van der Waals surface area contributed by atoms with Gasteiger partial charge >= 0.3 is 0 Å². The molecule has 0 aliphatic rings. The highest BCUT2D eigenvalue weighted by Crippen LogP contribution is 2.46. The number of nitrogens with zero attached hydrogens (tertiary/aromatic N) is 3. The lowest BCUT2D eigenvalue weighted by Gasteiger charge is -2.26. The summed E-state index contributed by atoms with van der Waals surface area (Å²) in [5.74, 6) is 0. The minimum Gasteiger partial charge on any atom is -0.311 e. The van der Waals surface area contributed by atoms with Crippen molar-refractivity contribution in [2.75, 3.05) is 4.90 Å². The second-order valence-corrected chi connectivity index (χ2v) is 14.4. The molecule has 0 heterocycles. The molecule has 0 aliphatic carbocycles. The number of rotatable bonds is 6. The fourth-order valence-electron chi connectivity index (χ4n) is 8.29. The Balaban J connectivity index is 1.16. The summed E-state index contributed by atoms with van der Waals surface area (Å²) >= 11 is 0. The van der Waals surface area contributed by atoms with E-state index in [0.717, 1.165) is 28.2 Å². The zero-order chi connectivity index (χ0) is 38.3. The number of nitriles is 2. The summed E-state index contributed by atoms with van der Waals surface area (Å²) in [4.78, 5) is 2.15. The van der Waals surface area contributed by atoms with Crippen LogP contribution in [0.3, 0.4) is 0 Å². The highest BCUT2D eigenvalue weighted by molar-refractivity contribution is 6.22. The molecule has 57 heavy (non-hydrogen) atoms. The largest absolute Gasteiger partial charge is 0.311 e. The topological polar surface area (TPSA) is 50.8 Å². The number of anilines is 3. The van der Waals surface area contributed by atoms with Crippen molar-refractivity contribution in [1.82, 2.24) is 0 Å². The zero-order valence-corrected chi connectivity index (χ0v) is 30.9. The molecule has 0 unspecified atom stereocenters. The van der Waals surface area contributed by atoms with Crippen LogP contribution >= 0.6 is 0 Å². The second-order valence-electron chi connectivity index (χ2n) is 14.4. The SMILES string of the molecule is N#Cc1ccc(N(c2ccc(C#N)cc2)c2ccc(-c3ccc4c(-c5ccc6ccccc6c5)c5ccccc5c(-c5ccc6ccccc6c5)c4c3)cc2)cc1. The maximum atomic E-state index is 9.46. The van der Waals surface area contributed by atoms with Crippen LogP contribution in [0.15, 0.2) is 200 Å². The Morgan fingerprint density at radius 3 is 1.18 bits per heavy atom. The Kier molecular flexibility index (Phi) is 8.26. The van der Waals surface area contributed by atoms with Gasteiger partial charge in [0.05, 0.1) is 23.3 Å². The van der Waals surface area contributed by atoms with Gasteiger partial charge in [-0.05, 0) is 155 Å². The molecule has 0 saturated carbocycles. The Hall–Kier alpha value is -7.98. The lowest BCUT2D eigenvalue weighted by atomic mass is 9.84. The molecular formula is C54H33N3. The smallest absolute Gasteiger partial charge is 0.0991 e. The van der Waals surface area contributed by atoms with E-state index in [0.29, 0.717) is 11.1 Å². The van der Waals surface area contributed by atoms with Crippen LogP contribution in [0.5, 0.6) is 0 Å². The van der Waals surface area contributed by atoms with E-state index < -0.39 is 0 Å². The van der Waals surface area contributed by atoms with Crippen molar-refractivity contribution >= 4 is 60.2 Å². The van der Waals surface area contributed by atoms with Gasteiger partial charge in [0.2, 0.25) is 0 Å². The first kappa shape index (κ1) is 33.6. The summed E-state index contributed by atoms with van der Waals surface area (Å²) in [5, 5.41) is 28.7. The summed E-state index contributed by atoms with van der Waals surface area (Å²) in [6.45, 7) is 0. The second kappa shape index (κ2) is 14.0. The molecule has 0 radical (unpaired) electrons. The van der Waals surface area contributed by atoms with E-state index in [1.165, 1.54) is 65.3 Å². The molecule has 0 spiro atoms. The normalized spacial score (nSPS) is 11.1. The van der Waals surface area contributed by atoms with Gasteiger partial charge in [-0.3, -0.25) is 0 Å². The van der Waals surface area contributed by atoms with Crippen LogP contribution in [0.25, 0.3) is 76.5 Å². The minimum atomic E-state index is 0.602. The molecular weight excluding hydrogens is 691 g/mol. The number of hydrogen-bond acceptors (Lipinski definition) is 3. The highest BCUT2D eigenvalue weighted by atomic mass is 15.1. The molecule has 3 nitrogen and oxygen atoms in total. The van der Waals surface area contributed by atoms with Gasteiger partial charge in [0.25, 0.3) is 0 Å². The predicted molar refractivity (Wildman–Crippen MR) is 237 cm³/mol. The Morgan fingerprint density at radius 1 is 0.298 bits per heavy atom. The summed E-state index contributed by atoms with van der Waals surface area (Å²) in [7, 11) is 0. The third-order valence-corrected chi connectivity index (χ3v) is 11.1. The van der Waals surface area contributed by atoms with Crippen molar-refractivity contribution in [3.8, 4) is 45.5 Å². The van der Waals surface area contributed by atoms with E-state index >= 15 is 0 Å². The van der Waals surface area contributed by atoms with Crippen molar-refractivity contribution in [2.45, 2.75) is 0 Å². The monoisotopic (exact) mass is 723 g/mol. The van der Waals surface area contributed by atoms with E-state index in [4.69, 9.17) is 0 Å². The summed E-state index contributed by atoms with van der Waals surface area (Å²) < 4.78 is 0. The highest BCUT2D eigenvalue weighted by Gasteiger charge is 2.19. The average molecular weight is 724 g/mol. The van der Waals surface area contributed by atoms with Gasteiger partial charge in [0, 0.05) is 17.1 Å². The fraction of sp³-hybridized carbons (Fsp3) is 0. The molecule has 3 heteroatoms. The van der Waals surface area contributed by atoms with Gasteiger partial charge in [-0.15, -0.1) is 0 Å². The van der Waals surface area contributed by atoms with Crippen molar-refractivity contribution < 1.29 is 0 Å². The van der Waals surface area contributed by atoms with Gasteiger partial charge in [0.15, 0.2) is 0 Å². The van der Waals surface area contributed by atoms with Crippen molar-refractivity contribution in [1.29, 1.82) is 10.5 Å². The zero-order valence-electron chi connectivity index (χ0n) is 30.9. The molecule has 10 aromatic rings. The van der Waals surface area contributed by atoms with Crippen LogP contribution in [-0.4, -0.2) is 0 Å². The third-order valence-electron chi connectivity index (χ3n) is 11.1. The van der Waals surface area contributed by atoms with E-state index in [-0.39, 0.29) is 0 Å². The van der Waals surface area contributed by atoms with Crippen LogP contribution in [0.2, 0.25) is 0 Å². The van der Waals surface area contributed by atoms with E-state index in [9.17, 15) is 10.5 Å². The van der Waals surface area contributed by atoms with Gasteiger partial charge < -0.3 is 4.90 Å². The third kappa shape index (κ3) is 6.02. The number of benzene rings is 10. The van der Waals surface area contributed by atoms with E-state index in [2.05, 4.69) is 169 Å². The van der Waals surface area contributed by atoms with Crippen molar-refractivity contribution in [3.05, 3.63) is 211 Å². The van der Waals surface area contributed by atoms with Crippen LogP contribution < -0.4 is 4.90 Å². The molecule has 0 aliphatic heterocycles. The molecule has 0 saturated heterocycles. The Bertz CT molecular complexity index is 3180. The molecule has 10 aromatic carbocycles. The van der Waals surface area contributed by atoms with Crippen LogP contribution in [0.4, 0.5) is 17.1 Å². The molecule has 0 atom stereocenters. The van der Waals surface area contributed by atoms with Gasteiger partial charge in [-0.2, -0.15) is 10.5 Å². The fourth-order valence-corrected chi connectivity index (χ4v) is 8.29. The number of fused-ring (bicyclic) bond motifs is 4. The van der Waals surface area contributed by atoms with Crippen molar-refractivity contribution in [2.24, 2.45) is 0 Å². The Labute approximate surface area is 331 Å². The summed E-state index contributed by atoms with van der Waals surface area (Å²) in [5.41, 5.74) is 11.1. The summed E-state index contributed by atoms with van der Waals surface area (Å²) in [6, 6.07) is 74.8. The minimum absolute atomic E-state index is 0.602. The van der Waals surface area contributed by atoms with Crippen LogP contribution in [-0.2, 0) is 0 Å². The molecule has 0 fully saturated rings.